The first-order valence-corrected chi connectivity index (χ1v) is 5.42. The van der Waals surface area contributed by atoms with Gasteiger partial charge in [0.25, 0.3) is 5.56 Å². The third-order valence-electron chi connectivity index (χ3n) is 1.99. The number of anilines is 1. The predicted octanol–water partition coefficient (Wildman–Crippen LogP) is 2.52. The van der Waals surface area contributed by atoms with Crippen LogP contribution in [0.3, 0.4) is 0 Å². The Bertz CT molecular complexity index is 310. The second kappa shape index (κ2) is 6.27. The summed E-state index contributed by atoms with van der Waals surface area (Å²) >= 11 is 0. The average molecular weight is 210 g/mol. The van der Waals surface area contributed by atoms with E-state index in [0.29, 0.717) is 0 Å². The fourth-order valence-corrected chi connectivity index (χ4v) is 1.25. The lowest BCUT2D eigenvalue weighted by atomic mass is 10.3. The van der Waals surface area contributed by atoms with Crippen LogP contribution in [0.25, 0.3) is 0 Å². The van der Waals surface area contributed by atoms with Crippen molar-refractivity contribution in [2.24, 2.45) is 0 Å². The molecule has 0 bridgehead atoms. The largest absolute Gasteiger partial charge is 0.373 e. The van der Waals surface area contributed by atoms with Crippen LogP contribution >= 0.6 is 0 Å². The summed E-state index contributed by atoms with van der Waals surface area (Å²) in [5.41, 5.74) is 0.804. The van der Waals surface area contributed by atoms with E-state index in [2.05, 4.69) is 0 Å². The van der Waals surface area contributed by atoms with E-state index in [-0.39, 0.29) is 11.6 Å². The van der Waals surface area contributed by atoms with Gasteiger partial charge >= 0.3 is 0 Å². The molecule has 0 atom stereocenters. The van der Waals surface area contributed by atoms with Gasteiger partial charge in [0.2, 0.25) is 0 Å². The zero-order valence-corrected chi connectivity index (χ0v) is 10.6. The molecule has 0 aliphatic heterocycles. The van der Waals surface area contributed by atoms with E-state index in [4.69, 9.17) is 0 Å². The maximum Gasteiger partial charge on any atom is 0.274 e. The van der Waals surface area contributed by atoms with Crippen molar-refractivity contribution in [1.82, 2.24) is 4.57 Å². The standard InChI is InChI=1S/C10H16N2O.C2H6/c1-8(2)12-7-5-6-9(10(12)13)11(3)4;1-2/h5-8H,1-4H3;1-2H3. The van der Waals surface area contributed by atoms with Gasteiger partial charge in [-0.3, -0.25) is 4.79 Å². The SMILES string of the molecule is CC.CC(C)n1cccc(N(C)C)c1=O. The van der Waals surface area contributed by atoms with Gasteiger partial charge in [-0.15, -0.1) is 0 Å². The van der Waals surface area contributed by atoms with Crippen LogP contribution in [0.1, 0.15) is 33.7 Å². The summed E-state index contributed by atoms with van der Waals surface area (Å²) in [7, 11) is 3.75. The van der Waals surface area contributed by atoms with Gasteiger partial charge in [-0.25, -0.2) is 0 Å². The molecule has 0 spiro atoms. The summed E-state index contributed by atoms with van der Waals surface area (Å²) in [5.74, 6) is 0. The smallest absolute Gasteiger partial charge is 0.274 e. The predicted molar refractivity (Wildman–Crippen MR) is 66.8 cm³/mol. The molecule has 0 amide bonds. The Labute approximate surface area is 92.3 Å². The number of rotatable bonds is 2. The normalized spacial score (nSPS) is 9.53. The molecule has 15 heavy (non-hydrogen) atoms. The molecule has 3 heteroatoms. The zero-order valence-electron chi connectivity index (χ0n) is 10.6. The van der Waals surface area contributed by atoms with Gasteiger partial charge in [0.05, 0.1) is 0 Å². The molecule has 0 fully saturated rings. The maximum atomic E-state index is 11.8. The molecular formula is C12H22N2O. The number of pyridine rings is 1. The van der Waals surface area contributed by atoms with Gasteiger partial charge in [0, 0.05) is 26.3 Å². The number of aromatic nitrogens is 1. The lowest BCUT2D eigenvalue weighted by Gasteiger charge is -2.15. The highest BCUT2D eigenvalue weighted by molar-refractivity contribution is 5.42. The molecule has 0 saturated heterocycles. The summed E-state index contributed by atoms with van der Waals surface area (Å²) in [6, 6.07) is 3.95. The number of hydrogen-bond donors (Lipinski definition) is 0. The van der Waals surface area contributed by atoms with E-state index in [1.165, 1.54) is 0 Å². The number of nitrogens with zero attached hydrogens (tertiary/aromatic N) is 2. The Morgan fingerprint density at radius 3 is 2.20 bits per heavy atom. The molecule has 0 saturated carbocycles. The first-order valence-electron chi connectivity index (χ1n) is 5.42. The molecule has 0 aliphatic rings. The Morgan fingerprint density at radius 1 is 1.27 bits per heavy atom. The van der Waals surface area contributed by atoms with Crippen LogP contribution in [-0.4, -0.2) is 18.7 Å². The highest BCUT2D eigenvalue weighted by atomic mass is 16.1. The molecule has 0 unspecified atom stereocenters. The summed E-state index contributed by atoms with van der Waals surface area (Å²) in [6.07, 6.45) is 1.82. The molecule has 0 aromatic carbocycles. The van der Waals surface area contributed by atoms with Crippen molar-refractivity contribution in [3.63, 3.8) is 0 Å². The van der Waals surface area contributed by atoms with Gasteiger partial charge in [-0.2, -0.15) is 0 Å². The van der Waals surface area contributed by atoms with Crippen LogP contribution in [-0.2, 0) is 0 Å². The quantitative estimate of drug-likeness (QED) is 0.749. The van der Waals surface area contributed by atoms with Crippen LogP contribution in [0.15, 0.2) is 23.1 Å². The summed E-state index contributed by atoms with van der Waals surface area (Å²) in [5, 5.41) is 0. The summed E-state index contributed by atoms with van der Waals surface area (Å²) in [4.78, 5) is 13.6. The Morgan fingerprint density at radius 2 is 1.80 bits per heavy atom. The topological polar surface area (TPSA) is 25.2 Å². The third-order valence-corrected chi connectivity index (χ3v) is 1.99. The highest BCUT2D eigenvalue weighted by Crippen LogP contribution is 2.06. The van der Waals surface area contributed by atoms with Gasteiger partial charge < -0.3 is 9.47 Å². The minimum Gasteiger partial charge on any atom is -0.373 e. The lowest BCUT2D eigenvalue weighted by molar-refractivity contribution is 0.578. The lowest BCUT2D eigenvalue weighted by Crippen LogP contribution is -2.27. The van der Waals surface area contributed by atoms with Crippen LogP contribution in [0.4, 0.5) is 5.69 Å². The van der Waals surface area contributed by atoms with Crippen molar-refractivity contribution < 1.29 is 0 Å². The highest BCUT2D eigenvalue weighted by Gasteiger charge is 2.05. The number of hydrogen-bond acceptors (Lipinski definition) is 2. The molecule has 3 nitrogen and oxygen atoms in total. The minimum absolute atomic E-state index is 0.0718. The van der Waals surface area contributed by atoms with E-state index < -0.39 is 0 Å². The molecule has 0 N–H and O–H groups in total. The van der Waals surface area contributed by atoms with Crippen LogP contribution in [0.2, 0.25) is 0 Å². The molecule has 1 heterocycles. The monoisotopic (exact) mass is 210 g/mol. The first kappa shape index (κ1) is 13.8. The van der Waals surface area contributed by atoms with E-state index in [1.54, 1.807) is 4.57 Å². The Kier molecular flexibility index (Phi) is 5.75. The summed E-state index contributed by atoms with van der Waals surface area (Å²) < 4.78 is 1.73. The van der Waals surface area contributed by atoms with Crippen LogP contribution < -0.4 is 10.5 Å². The third kappa shape index (κ3) is 3.42. The second-order valence-electron chi connectivity index (χ2n) is 3.59. The van der Waals surface area contributed by atoms with Crippen molar-refractivity contribution in [3.05, 3.63) is 28.7 Å². The molecule has 1 aromatic rings. The van der Waals surface area contributed by atoms with Crippen LogP contribution in [0.5, 0.6) is 0 Å². The van der Waals surface area contributed by atoms with E-state index >= 15 is 0 Å². The van der Waals surface area contributed by atoms with Gasteiger partial charge in [-0.05, 0) is 26.0 Å². The Hall–Kier alpha value is -1.25. The van der Waals surface area contributed by atoms with Gasteiger partial charge in [-0.1, -0.05) is 13.8 Å². The van der Waals surface area contributed by atoms with Crippen molar-refractivity contribution in [1.29, 1.82) is 0 Å². The Balaban J connectivity index is 0.000000921. The fourth-order valence-electron chi connectivity index (χ4n) is 1.25. The van der Waals surface area contributed by atoms with E-state index in [1.807, 2.05) is 65.0 Å². The average Bonchev–Trinajstić information content (AvgIpc) is 2.20. The zero-order chi connectivity index (χ0) is 12.0. The molecule has 86 valence electrons. The van der Waals surface area contributed by atoms with Gasteiger partial charge in [0.1, 0.15) is 5.69 Å². The van der Waals surface area contributed by atoms with Crippen molar-refractivity contribution >= 4 is 5.69 Å². The first-order chi connectivity index (χ1) is 7.04. The summed E-state index contributed by atoms with van der Waals surface area (Å²) in [6.45, 7) is 8.00. The molecule has 1 rings (SSSR count). The molecular weight excluding hydrogens is 188 g/mol. The molecule has 1 aromatic heterocycles. The van der Waals surface area contributed by atoms with Crippen molar-refractivity contribution in [2.75, 3.05) is 19.0 Å². The van der Waals surface area contributed by atoms with Crippen molar-refractivity contribution in [2.45, 2.75) is 33.7 Å². The van der Waals surface area contributed by atoms with Gasteiger partial charge in [0.15, 0.2) is 0 Å². The maximum absolute atomic E-state index is 11.8. The minimum atomic E-state index is 0.0718. The second-order valence-corrected chi connectivity index (χ2v) is 3.59. The fraction of sp³-hybridized carbons (Fsp3) is 0.583. The van der Waals surface area contributed by atoms with E-state index in [9.17, 15) is 4.79 Å². The molecule has 0 radical (unpaired) electrons. The molecule has 0 aliphatic carbocycles. The van der Waals surface area contributed by atoms with E-state index in [0.717, 1.165) is 5.69 Å². The van der Waals surface area contributed by atoms with Crippen molar-refractivity contribution in [3.8, 4) is 0 Å². The van der Waals surface area contributed by atoms with Crippen LogP contribution in [0, 0.1) is 0 Å².